The second-order valence-corrected chi connectivity index (χ2v) is 8.25. The third-order valence-electron chi connectivity index (χ3n) is 6.05. The lowest BCUT2D eigenvalue weighted by atomic mass is 10.2. The van der Waals surface area contributed by atoms with Crippen molar-refractivity contribution in [2.45, 2.75) is 37.6 Å². The Morgan fingerprint density at radius 1 is 1.20 bits per heavy atom. The van der Waals surface area contributed by atoms with E-state index in [9.17, 15) is 22.0 Å². The number of hydrogen-bond acceptors (Lipinski definition) is 5. The highest BCUT2D eigenvalue weighted by atomic mass is 19.4. The molecule has 2 N–H and O–H groups in total. The van der Waals surface area contributed by atoms with Crippen LogP contribution in [-0.2, 0) is 0 Å². The fourth-order valence-corrected chi connectivity index (χ4v) is 4.57. The highest BCUT2D eigenvalue weighted by molar-refractivity contribution is 5.64. The van der Waals surface area contributed by atoms with Crippen LogP contribution < -0.4 is 10.5 Å². The molecule has 3 heterocycles. The topological polar surface area (TPSA) is 69.2 Å². The number of likely N-dealkylation sites (tertiary alicyclic amines) is 1. The Morgan fingerprint density at radius 3 is 2.50 bits per heavy atom. The first kappa shape index (κ1) is 19.5. The molecule has 0 radical (unpaired) electrons. The lowest BCUT2D eigenvalue weighted by Gasteiger charge is -2.19. The van der Waals surface area contributed by atoms with Gasteiger partial charge in [0, 0.05) is 43.0 Å². The van der Waals surface area contributed by atoms with Crippen molar-refractivity contribution in [1.29, 1.82) is 0 Å². The number of fused-ring (bicyclic) bond motifs is 1. The van der Waals surface area contributed by atoms with Crippen LogP contribution in [0.25, 0.3) is 11.3 Å². The van der Waals surface area contributed by atoms with Gasteiger partial charge in [-0.2, -0.15) is 0 Å². The molecule has 5 rings (SSSR count). The number of pyridine rings is 1. The van der Waals surface area contributed by atoms with Crippen molar-refractivity contribution in [3.05, 3.63) is 24.3 Å². The molecular weight excluding hydrogens is 409 g/mol. The summed E-state index contributed by atoms with van der Waals surface area (Å²) < 4.78 is 69.2. The number of ether oxygens (including phenoxy) is 1. The summed E-state index contributed by atoms with van der Waals surface area (Å²) in [4.78, 5) is 10.3. The molecule has 0 bridgehead atoms. The summed E-state index contributed by atoms with van der Waals surface area (Å²) in [6.45, 7) is 1.05. The quantitative estimate of drug-likeness (QED) is 0.710. The first-order valence-electron chi connectivity index (χ1n) is 9.80. The number of hydrogen-bond donors (Lipinski definition) is 1. The van der Waals surface area contributed by atoms with Gasteiger partial charge in [-0.25, -0.2) is 18.7 Å². The van der Waals surface area contributed by atoms with Crippen molar-refractivity contribution in [3.63, 3.8) is 0 Å². The van der Waals surface area contributed by atoms with Gasteiger partial charge in [-0.15, -0.1) is 13.2 Å². The third kappa shape index (κ3) is 3.70. The molecular formula is C19H20F5N5O. The molecule has 2 saturated carbocycles. The maximum Gasteiger partial charge on any atom is 0.573 e. The van der Waals surface area contributed by atoms with E-state index in [1.807, 2.05) is 6.20 Å². The zero-order valence-electron chi connectivity index (χ0n) is 15.8. The molecule has 2 aromatic rings. The zero-order valence-corrected chi connectivity index (χ0v) is 15.8. The van der Waals surface area contributed by atoms with E-state index < -0.39 is 18.5 Å². The Hall–Kier alpha value is -2.43. The predicted molar refractivity (Wildman–Crippen MR) is 97.0 cm³/mol. The number of imidazole rings is 1. The molecule has 0 aromatic carbocycles. The number of halogens is 5. The van der Waals surface area contributed by atoms with Crippen LogP contribution in [0.2, 0.25) is 0 Å². The number of nitrogens with zero attached hydrogens (tertiary/aromatic N) is 4. The molecule has 3 atom stereocenters. The van der Waals surface area contributed by atoms with Gasteiger partial charge in [0.2, 0.25) is 0 Å². The number of alkyl halides is 5. The molecule has 0 amide bonds. The van der Waals surface area contributed by atoms with Crippen molar-refractivity contribution in [3.8, 4) is 17.0 Å². The van der Waals surface area contributed by atoms with E-state index >= 15 is 0 Å². The maximum atomic E-state index is 12.6. The molecule has 30 heavy (non-hydrogen) atoms. The summed E-state index contributed by atoms with van der Waals surface area (Å²) in [5.74, 6) is 0.918. The van der Waals surface area contributed by atoms with Gasteiger partial charge in [0.25, 0.3) is 6.43 Å². The van der Waals surface area contributed by atoms with Gasteiger partial charge >= 0.3 is 6.36 Å². The van der Waals surface area contributed by atoms with Gasteiger partial charge in [-0.3, -0.25) is 4.90 Å². The minimum atomic E-state index is -4.87. The Morgan fingerprint density at radius 2 is 1.90 bits per heavy atom. The van der Waals surface area contributed by atoms with Gasteiger partial charge in [0.15, 0.2) is 11.6 Å². The Balaban J connectivity index is 1.40. The molecule has 1 saturated heterocycles. The standard InChI is InChI=1S/C19H20F5N5O/c20-15(21)8-28-5-11-12(6-28)16(11)29-7-13(27-18(29)9-1-2-9)10-3-14(17(25)26-4-10)30-19(22,23)24/h3-4,7,9,11-12,15-16H,1-2,5-6,8H2,(H2,25,26)/t11-,12+,16+. The predicted octanol–water partition coefficient (Wildman–Crippen LogP) is 3.67. The van der Waals surface area contributed by atoms with Gasteiger partial charge in [-0.1, -0.05) is 0 Å². The monoisotopic (exact) mass is 429 g/mol. The summed E-state index contributed by atoms with van der Waals surface area (Å²) in [7, 11) is 0. The van der Waals surface area contributed by atoms with E-state index in [-0.39, 0.29) is 18.4 Å². The Labute approximate surface area is 168 Å². The summed E-state index contributed by atoms with van der Waals surface area (Å²) in [6.07, 6.45) is -1.98. The van der Waals surface area contributed by atoms with Gasteiger partial charge in [0.05, 0.1) is 12.2 Å². The van der Waals surface area contributed by atoms with Crippen LogP contribution in [0.4, 0.5) is 27.8 Å². The van der Waals surface area contributed by atoms with Crippen molar-refractivity contribution in [2.75, 3.05) is 25.4 Å². The molecule has 1 aliphatic heterocycles. The average molecular weight is 429 g/mol. The van der Waals surface area contributed by atoms with E-state index in [4.69, 9.17) is 5.73 Å². The van der Waals surface area contributed by atoms with E-state index in [2.05, 4.69) is 19.3 Å². The molecule has 0 spiro atoms. The molecule has 162 valence electrons. The van der Waals surface area contributed by atoms with Crippen LogP contribution in [0.3, 0.4) is 0 Å². The van der Waals surface area contributed by atoms with Crippen molar-refractivity contribution in [2.24, 2.45) is 11.8 Å². The van der Waals surface area contributed by atoms with E-state index in [1.54, 1.807) is 4.90 Å². The van der Waals surface area contributed by atoms with Gasteiger partial charge < -0.3 is 15.0 Å². The largest absolute Gasteiger partial charge is 0.573 e. The molecule has 6 nitrogen and oxygen atoms in total. The second-order valence-electron chi connectivity index (χ2n) is 8.25. The van der Waals surface area contributed by atoms with Gasteiger partial charge in [0.1, 0.15) is 5.82 Å². The minimum Gasteiger partial charge on any atom is -0.402 e. The first-order valence-corrected chi connectivity index (χ1v) is 9.80. The SMILES string of the molecule is Nc1ncc(-c2cn([C@H]3[C@@H]4CN(CC(F)F)C[C@@H]43)c(C3CC3)n2)cc1OC(F)(F)F. The van der Waals surface area contributed by atoms with Crippen LogP contribution >= 0.6 is 0 Å². The number of aromatic nitrogens is 3. The smallest absolute Gasteiger partial charge is 0.402 e. The van der Waals surface area contributed by atoms with E-state index in [0.29, 0.717) is 42.1 Å². The van der Waals surface area contributed by atoms with Crippen LogP contribution in [0.1, 0.15) is 30.6 Å². The molecule has 0 unspecified atom stereocenters. The fourth-order valence-electron chi connectivity index (χ4n) is 4.57. The van der Waals surface area contributed by atoms with Crippen LogP contribution in [0.5, 0.6) is 5.75 Å². The lowest BCUT2D eigenvalue weighted by Crippen LogP contribution is -2.30. The molecule has 2 aliphatic carbocycles. The molecule has 11 heteroatoms. The first-order chi connectivity index (χ1) is 14.2. The number of anilines is 1. The minimum absolute atomic E-state index is 0.198. The fraction of sp³-hybridized carbons (Fsp3) is 0.579. The Bertz CT molecular complexity index is 945. The summed E-state index contributed by atoms with van der Waals surface area (Å²) in [6, 6.07) is 1.39. The molecule has 3 fully saturated rings. The number of nitrogens with two attached hydrogens (primary N) is 1. The van der Waals surface area contributed by atoms with E-state index in [1.165, 1.54) is 12.3 Å². The number of nitrogen functional groups attached to an aromatic ring is 1. The Kier molecular flexibility index (Phi) is 4.42. The van der Waals surface area contributed by atoms with Crippen LogP contribution in [0.15, 0.2) is 18.5 Å². The highest BCUT2D eigenvalue weighted by Gasteiger charge is 2.57. The summed E-state index contributed by atoms with van der Waals surface area (Å²) in [5.41, 5.74) is 6.40. The average Bonchev–Trinajstić information content (AvgIpc) is 3.51. The highest BCUT2D eigenvalue weighted by Crippen LogP contribution is 2.57. The number of piperidine rings is 1. The lowest BCUT2D eigenvalue weighted by molar-refractivity contribution is -0.274. The van der Waals surface area contributed by atoms with Crippen LogP contribution in [-0.4, -0.2) is 51.9 Å². The van der Waals surface area contributed by atoms with Crippen molar-refractivity contribution >= 4 is 5.82 Å². The summed E-state index contributed by atoms with van der Waals surface area (Å²) in [5, 5.41) is 0. The van der Waals surface area contributed by atoms with Gasteiger partial charge in [-0.05, 0) is 30.7 Å². The number of rotatable bonds is 6. The second kappa shape index (κ2) is 6.79. The van der Waals surface area contributed by atoms with Crippen LogP contribution in [0, 0.1) is 11.8 Å². The normalized spacial score (nSPS) is 26.3. The van der Waals surface area contributed by atoms with Crippen molar-refractivity contribution in [1.82, 2.24) is 19.4 Å². The summed E-state index contributed by atoms with van der Waals surface area (Å²) >= 11 is 0. The zero-order chi connectivity index (χ0) is 21.2. The molecule has 2 aromatic heterocycles. The van der Waals surface area contributed by atoms with Crippen molar-refractivity contribution < 1.29 is 26.7 Å². The maximum absolute atomic E-state index is 12.6. The van der Waals surface area contributed by atoms with E-state index in [0.717, 1.165) is 18.7 Å². The molecule has 3 aliphatic rings. The third-order valence-corrected chi connectivity index (χ3v) is 6.05.